The van der Waals surface area contributed by atoms with Crippen molar-refractivity contribution in [2.75, 3.05) is 38.4 Å². The molecule has 3 heterocycles. The van der Waals surface area contributed by atoms with Gasteiger partial charge in [0, 0.05) is 20.1 Å². The van der Waals surface area contributed by atoms with Gasteiger partial charge in [-0.15, -0.1) is 5.09 Å². The summed E-state index contributed by atoms with van der Waals surface area (Å²) in [6.45, 7) is 6.00. The summed E-state index contributed by atoms with van der Waals surface area (Å²) in [5.41, 5.74) is 7.01. The molecule has 1 aliphatic heterocycles. The van der Waals surface area contributed by atoms with Crippen LogP contribution in [0.2, 0.25) is 0 Å². The van der Waals surface area contributed by atoms with Crippen LogP contribution in [0.25, 0.3) is 11.2 Å². The lowest BCUT2D eigenvalue weighted by Crippen LogP contribution is -2.27. The van der Waals surface area contributed by atoms with E-state index in [9.17, 15) is 9.69 Å². The number of aromatic nitrogens is 4. The number of carbonyl (C=O) groups is 1. The molecule has 1 saturated heterocycles. The number of rotatable bonds is 11. The number of fused-ring (bicyclic) bond motifs is 1. The van der Waals surface area contributed by atoms with Gasteiger partial charge in [-0.3, -0.25) is 9.09 Å². The van der Waals surface area contributed by atoms with Crippen molar-refractivity contribution in [3.63, 3.8) is 0 Å². The third-order valence-corrected chi connectivity index (χ3v) is 7.20. The number of nitrogen functional groups attached to an aromatic ring is 1. The lowest BCUT2D eigenvalue weighted by Gasteiger charge is -2.19. The van der Waals surface area contributed by atoms with Gasteiger partial charge in [-0.25, -0.2) is 4.98 Å². The summed E-state index contributed by atoms with van der Waals surface area (Å²) in [4.78, 5) is 34.6. The van der Waals surface area contributed by atoms with Crippen LogP contribution in [0.3, 0.4) is 0 Å². The van der Waals surface area contributed by atoms with Crippen molar-refractivity contribution in [1.82, 2.24) is 24.6 Å². The second kappa shape index (κ2) is 13.7. The van der Waals surface area contributed by atoms with Crippen molar-refractivity contribution in [3.05, 3.63) is 36.7 Å². The van der Waals surface area contributed by atoms with Gasteiger partial charge in [-0.1, -0.05) is 25.1 Å². The molecule has 4 atom stereocenters. The molecule has 208 valence electrons. The molecule has 5 N–H and O–H groups in total. The first-order chi connectivity index (χ1) is 18.2. The normalized spacial score (nSPS) is 20.6. The molecule has 4 rings (SSSR count). The Labute approximate surface area is 222 Å². The number of ether oxygens (including phenoxy) is 2. The predicted octanol–water partition coefficient (Wildman–Crippen LogP) is 2.97. The smallest absolute Gasteiger partial charge is 0.382 e. The molecule has 1 aromatic carbocycles. The van der Waals surface area contributed by atoms with E-state index in [2.05, 4.69) is 25.4 Å². The molecule has 1 aliphatic rings. The van der Waals surface area contributed by atoms with E-state index < -0.39 is 8.09 Å². The molecular formula is C24H37N7O6P+. The maximum atomic E-state index is 10.9. The van der Waals surface area contributed by atoms with Crippen molar-refractivity contribution in [1.29, 1.82) is 0 Å². The van der Waals surface area contributed by atoms with Gasteiger partial charge in [-0.2, -0.15) is 19.4 Å². The molecule has 14 heteroatoms. The van der Waals surface area contributed by atoms with Crippen molar-refractivity contribution in [2.24, 2.45) is 5.92 Å². The van der Waals surface area contributed by atoms with Crippen LogP contribution < -0.4 is 20.7 Å². The highest BCUT2D eigenvalue weighted by atomic mass is 31.2. The summed E-state index contributed by atoms with van der Waals surface area (Å²) in [5.74, 6) is 1.20. The van der Waals surface area contributed by atoms with Crippen LogP contribution in [0.1, 0.15) is 33.4 Å². The van der Waals surface area contributed by atoms with Gasteiger partial charge in [-0.05, 0) is 32.4 Å². The van der Waals surface area contributed by atoms with Crippen LogP contribution in [-0.4, -0.2) is 70.2 Å². The minimum absolute atomic E-state index is 0.0648. The zero-order chi connectivity index (χ0) is 27.7. The third kappa shape index (κ3) is 7.79. The van der Waals surface area contributed by atoms with E-state index in [1.54, 1.807) is 44.8 Å². The Bertz CT molecular complexity index is 1170. The van der Waals surface area contributed by atoms with Crippen LogP contribution in [0, 0.1) is 5.92 Å². The molecule has 0 bridgehead atoms. The SMILES string of the molecule is CNc1nc(N)nc2c1ncn2C1OC(CO[P+](O)(NCC=O)Oc2ccccc2)CC1C.COC(C)C. The molecule has 1 fully saturated rings. The van der Waals surface area contributed by atoms with E-state index in [1.165, 1.54) is 0 Å². The molecule has 0 saturated carbocycles. The standard InChI is InChI=1S/C20H27N7O5P.C4H10O/c1-13-10-15(11-30-33(29,24-8-9-28)32-14-6-4-3-5-7-14)31-19(13)27-12-23-16-17(22-2)25-20(21)26-18(16)27;1-4(2)5-3/h3-7,9,12-13,15,19,24,29H,8,10-11H2,1-2H3,(H3,21,22,25,26);4H,1-3H3/q+1;. The fraction of sp³-hybridized carbons (Fsp3) is 0.500. The molecule has 0 amide bonds. The van der Waals surface area contributed by atoms with Crippen LogP contribution >= 0.6 is 8.09 Å². The molecule has 4 unspecified atom stereocenters. The fourth-order valence-corrected chi connectivity index (χ4v) is 5.01. The highest BCUT2D eigenvalue weighted by Crippen LogP contribution is 2.53. The quantitative estimate of drug-likeness (QED) is 0.204. The molecular weight excluding hydrogens is 513 g/mol. The zero-order valence-electron chi connectivity index (χ0n) is 22.3. The highest BCUT2D eigenvalue weighted by Gasteiger charge is 2.45. The number of hydrogen-bond donors (Lipinski definition) is 4. The van der Waals surface area contributed by atoms with Crippen LogP contribution in [-0.2, 0) is 18.8 Å². The van der Waals surface area contributed by atoms with Gasteiger partial charge in [0.1, 0.15) is 19.1 Å². The Morgan fingerprint density at radius 3 is 2.66 bits per heavy atom. The van der Waals surface area contributed by atoms with Gasteiger partial charge in [0.2, 0.25) is 5.95 Å². The molecule has 0 spiro atoms. The Morgan fingerprint density at radius 2 is 2.03 bits per heavy atom. The van der Waals surface area contributed by atoms with E-state index >= 15 is 0 Å². The molecule has 13 nitrogen and oxygen atoms in total. The maximum absolute atomic E-state index is 10.9. The first-order valence-electron chi connectivity index (χ1n) is 12.3. The van der Waals surface area contributed by atoms with Crippen molar-refractivity contribution >= 4 is 37.3 Å². The van der Waals surface area contributed by atoms with Crippen molar-refractivity contribution in [3.8, 4) is 5.75 Å². The molecule has 3 aromatic rings. The number of methoxy groups -OCH3 is 1. The zero-order valence-corrected chi connectivity index (χ0v) is 23.2. The van der Waals surface area contributed by atoms with Gasteiger partial charge in [0.15, 0.2) is 22.7 Å². The average molecular weight is 551 g/mol. The Hall–Kier alpha value is -2.93. The average Bonchev–Trinajstić information content (AvgIpc) is 3.49. The molecule has 38 heavy (non-hydrogen) atoms. The second-order valence-electron chi connectivity index (χ2n) is 8.90. The van der Waals surface area contributed by atoms with Crippen LogP contribution in [0.5, 0.6) is 5.75 Å². The second-order valence-corrected chi connectivity index (χ2v) is 10.7. The number of hydrogen-bond acceptors (Lipinski definition) is 12. The van der Waals surface area contributed by atoms with Gasteiger partial charge < -0.3 is 25.3 Å². The van der Waals surface area contributed by atoms with E-state index in [-0.39, 0.29) is 37.3 Å². The monoisotopic (exact) mass is 550 g/mol. The minimum Gasteiger partial charge on any atom is -0.382 e. The largest absolute Gasteiger partial charge is 0.544 e. The first kappa shape index (κ1) is 29.6. The first-order valence-corrected chi connectivity index (χ1v) is 13.8. The Morgan fingerprint density at radius 1 is 1.32 bits per heavy atom. The number of carbonyl (C=O) groups excluding carboxylic acids is 1. The van der Waals surface area contributed by atoms with E-state index in [0.717, 1.165) is 0 Å². The minimum atomic E-state index is -3.54. The topological polar surface area (TPSA) is 168 Å². The van der Waals surface area contributed by atoms with E-state index in [1.807, 2.05) is 31.4 Å². The van der Waals surface area contributed by atoms with Gasteiger partial charge >= 0.3 is 8.09 Å². The number of imidazole rings is 1. The van der Waals surface area contributed by atoms with Crippen LogP contribution in [0.15, 0.2) is 36.7 Å². The summed E-state index contributed by atoms with van der Waals surface area (Å²) in [5, 5.41) is 5.63. The Balaban J connectivity index is 0.000000732. The summed E-state index contributed by atoms with van der Waals surface area (Å²) in [7, 11) is -0.104. The van der Waals surface area contributed by atoms with E-state index in [4.69, 9.17) is 24.3 Å². The summed E-state index contributed by atoms with van der Waals surface area (Å²) in [6, 6.07) is 8.76. The van der Waals surface area contributed by atoms with Gasteiger partial charge in [0.05, 0.1) is 25.1 Å². The fourth-order valence-electron chi connectivity index (χ4n) is 3.72. The summed E-state index contributed by atoms with van der Waals surface area (Å²) >= 11 is 0. The van der Waals surface area contributed by atoms with Gasteiger partial charge in [0.25, 0.3) is 0 Å². The lowest BCUT2D eigenvalue weighted by atomic mass is 10.1. The van der Waals surface area contributed by atoms with Crippen LogP contribution in [0.4, 0.5) is 11.8 Å². The molecule has 2 aromatic heterocycles. The number of aldehydes is 1. The van der Waals surface area contributed by atoms with Crippen molar-refractivity contribution in [2.45, 2.75) is 45.6 Å². The molecule has 0 radical (unpaired) electrons. The number of para-hydroxylation sites is 1. The Kier molecular flexibility index (Phi) is 10.7. The predicted molar refractivity (Wildman–Crippen MR) is 145 cm³/mol. The van der Waals surface area contributed by atoms with E-state index in [0.29, 0.717) is 41.5 Å². The summed E-state index contributed by atoms with van der Waals surface area (Å²) < 4.78 is 24.2. The third-order valence-electron chi connectivity index (χ3n) is 5.66. The number of nitrogens with zero attached hydrogens (tertiary/aromatic N) is 4. The maximum Gasteiger partial charge on any atom is 0.544 e. The highest BCUT2D eigenvalue weighted by molar-refractivity contribution is 7.58. The molecule has 0 aliphatic carbocycles. The number of anilines is 2. The number of nitrogens with two attached hydrogens (primary N) is 1. The van der Waals surface area contributed by atoms with Crippen molar-refractivity contribution < 1.29 is 28.2 Å². The number of nitrogens with one attached hydrogen (secondary N) is 2. The summed E-state index contributed by atoms with van der Waals surface area (Å²) in [6.07, 6.45) is 2.65. The number of benzene rings is 1. The lowest BCUT2D eigenvalue weighted by molar-refractivity contribution is -0.107.